The molecule has 0 unspecified atom stereocenters. The van der Waals surface area contributed by atoms with Crippen LogP contribution in [0.25, 0.3) is 11.3 Å². The van der Waals surface area contributed by atoms with E-state index in [2.05, 4.69) is 31.2 Å². The number of aromatic nitrogens is 1. The van der Waals surface area contributed by atoms with Gasteiger partial charge in [-0.25, -0.2) is 4.98 Å². The van der Waals surface area contributed by atoms with Crippen LogP contribution in [0.4, 0.5) is 0 Å². The zero-order chi connectivity index (χ0) is 13.2. The van der Waals surface area contributed by atoms with E-state index < -0.39 is 0 Å². The zero-order valence-electron chi connectivity index (χ0n) is 11.4. The molecule has 0 aliphatic heterocycles. The van der Waals surface area contributed by atoms with Gasteiger partial charge in [0.1, 0.15) is 5.01 Å². The summed E-state index contributed by atoms with van der Waals surface area (Å²) < 4.78 is 0. The van der Waals surface area contributed by atoms with Crippen molar-refractivity contribution in [3.05, 3.63) is 39.7 Å². The van der Waals surface area contributed by atoms with Crippen LogP contribution in [0, 0.1) is 6.92 Å². The van der Waals surface area contributed by atoms with E-state index in [4.69, 9.17) is 10.7 Å². The molecule has 0 bridgehead atoms. The van der Waals surface area contributed by atoms with Gasteiger partial charge in [-0.15, -0.1) is 11.3 Å². The van der Waals surface area contributed by atoms with Gasteiger partial charge < -0.3 is 5.73 Å². The van der Waals surface area contributed by atoms with E-state index in [0.717, 1.165) is 5.01 Å². The SMILES string of the molecule is Cc1ccccc1-c1nc(CN)sc1C1CCCC1. The highest BCUT2D eigenvalue weighted by molar-refractivity contribution is 7.12. The molecule has 1 aliphatic carbocycles. The third-order valence-electron chi connectivity index (χ3n) is 4.00. The summed E-state index contributed by atoms with van der Waals surface area (Å²) in [7, 11) is 0. The molecule has 0 saturated heterocycles. The fourth-order valence-electron chi connectivity index (χ4n) is 2.96. The van der Waals surface area contributed by atoms with Crippen molar-refractivity contribution in [2.75, 3.05) is 0 Å². The summed E-state index contributed by atoms with van der Waals surface area (Å²) in [5.74, 6) is 0.701. The van der Waals surface area contributed by atoms with Gasteiger partial charge >= 0.3 is 0 Å². The van der Waals surface area contributed by atoms with Crippen molar-refractivity contribution in [1.82, 2.24) is 4.98 Å². The number of benzene rings is 1. The van der Waals surface area contributed by atoms with E-state index in [0.29, 0.717) is 12.5 Å². The minimum atomic E-state index is 0.552. The minimum Gasteiger partial charge on any atom is -0.325 e. The molecule has 1 aliphatic rings. The maximum atomic E-state index is 5.79. The van der Waals surface area contributed by atoms with Crippen LogP contribution in [0.2, 0.25) is 0 Å². The molecule has 0 spiro atoms. The first-order valence-electron chi connectivity index (χ1n) is 7.05. The molecule has 0 atom stereocenters. The summed E-state index contributed by atoms with van der Waals surface area (Å²) in [6.45, 7) is 2.71. The van der Waals surface area contributed by atoms with E-state index >= 15 is 0 Å². The Kier molecular flexibility index (Phi) is 3.67. The quantitative estimate of drug-likeness (QED) is 0.908. The Labute approximate surface area is 118 Å². The lowest BCUT2D eigenvalue weighted by molar-refractivity contribution is 0.738. The van der Waals surface area contributed by atoms with Gasteiger partial charge in [-0.1, -0.05) is 37.1 Å². The second kappa shape index (κ2) is 5.43. The van der Waals surface area contributed by atoms with Crippen molar-refractivity contribution in [2.24, 2.45) is 5.73 Å². The number of rotatable bonds is 3. The maximum Gasteiger partial charge on any atom is 0.107 e. The van der Waals surface area contributed by atoms with Crippen LogP contribution in [0.3, 0.4) is 0 Å². The molecule has 2 N–H and O–H groups in total. The summed E-state index contributed by atoms with van der Waals surface area (Å²) >= 11 is 1.82. The molecule has 3 rings (SSSR count). The molecule has 19 heavy (non-hydrogen) atoms. The lowest BCUT2D eigenvalue weighted by Gasteiger charge is -2.10. The molecule has 1 aromatic heterocycles. The molecule has 0 amide bonds. The number of nitrogens with two attached hydrogens (primary N) is 1. The summed E-state index contributed by atoms with van der Waals surface area (Å²) in [5.41, 5.74) is 9.56. The lowest BCUT2D eigenvalue weighted by atomic mass is 9.98. The predicted octanol–water partition coefficient (Wildman–Crippen LogP) is 4.23. The molecular weight excluding hydrogens is 252 g/mol. The van der Waals surface area contributed by atoms with E-state index in [-0.39, 0.29) is 0 Å². The molecular formula is C16H20N2S. The molecule has 1 saturated carbocycles. The number of hydrogen-bond acceptors (Lipinski definition) is 3. The molecule has 3 heteroatoms. The van der Waals surface area contributed by atoms with Crippen LogP contribution in [0.15, 0.2) is 24.3 Å². The van der Waals surface area contributed by atoms with Crippen LogP contribution in [-0.4, -0.2) is 4.98 Å². The highest BCUT2D eigenvalue weighted by Gasteiger charge is 2.24. The molecule has 1 heterocycles. The van der Waals surface area contributed by atoms with Crippen molar-refractivity contribution in [2.45, 2.75) is 45.1 Å². The molecule has 100 valence electrons. The number of thiazole rings is 1. The molecule has 1 aromatic carbocycles. The first-order valence-corrected chi connectivity index (χ1v) is 7.87. The van der Waals surface area contributed by atoms with E-state index in [1.807, 2.05) is 11.3 Å². The monoisotopic (exact) mass is 272 g/mol. The summed E-state index contributed by atoms with van der Waals surface area (Å²) in [5, 5.41) is 1.07. The van der Waals surface area contributed by atoms with Crippen molar-refractivity contribution < 1.29 is 0 Å². The van der Waals surface area contributed by atoms with Crippen LogP contribution in [-0.2, 0) is 6.54 Å². The largest absolute Gasteiger partial charge is 0.325 e. The molecule has 2 nitrogen and oxygen atoms in total. The highest BCUT2D eigenvalue weighted by Crippen LogP contribution is 2.42. The van der Waals surface area contributed by atoms with Gasteiger partial charge in [0, 0.05) is 17.0 Å². The van der Waals surface area contributed by atoms with E-state index in [9.17, 15) is 0 Å². The van der Waals surface area contributed by atoms with Crippen LogP contribution < -0.4 is 5.73 Å². The Bertz CT molecular complexity index is 568. The van der Waals surface area contributed by atoms with Crippen LogP contribution in [0.5, 0.6) is 0 Å². The van der Waals surface area contributed by atoms with Crippen LogP contribution >= 0.6 is 11.3 Å². The number of hydrogen-bond donors (Lipinski definition) is 1. The lowest BCUT2D eigenvalue weighted by Crippen LogP contribution is -1.95. The Morgan fingerprint density at radius 2 is 2.00 bits per heavy atom. The normalized spacial score (nSPS) is 16.1. The first kappa shape index (κ1) is 12.8. The summed E-state index contributed by atoms with van der Waals surface area (Å²) in [6, 6.07) is 8.53. The fourth-order valence-corrected chi connectivity index (χ4v) is 4.09. The van der Waals surface area contributed by atoms with Crippen molar-refractivity contribution in [3.8, 4) is 11.3 Å². The smallest absolute Gasteiger partial charge is 0.107 e. The number of nitrogens with zero attached hydrogens (tertiary/aromatic N) is 1. The Balaban J connectivity index is 2.09. The van der Waals surface area contributed by atoms with Gasteiger partial charge in [0.05, 0.1) is 5.69 Å². The Morgan fingerprint density at radius 1 is 1.26 bits per heavy atom. The average molecular weight is 272 g/mol. The summed E-state index contributed by atoms with van der Waals surface area (Å²) in [6.07, 6.45) is 5.33. The topological polar surface area (TPSA) is 38.9 Å². The second-order valence-electron chi connectivity index (χ2n) is 5.32. The highest BCUT2D eigenvalue weighted by atomic mass is 32.1. The minimum absolute atomic E-state index is 0.552. The Hall–Kier alpha value is -1.19. The predicted molar refractivity (Wildman–Crippen MR) is 81.4 cm³/mol. The van der Waals surface area contributed by atoms with E-state index in [1.165, 1.54) is 47.4 Å². The number of aryl methyl sites for hydroxylation is 1. The second-order valence-corrected chi connectivity index (χ2v) is 6.44. The summed E-state index contributed by atoms with van der Waals surface area (Å²) in [4.78, 5) is 6.26. The van der Waals surface area contributed by atoms with Crippen molar-refractivity contribution >= 4 is 11.3 Å². The third-order valence-corrected chi connectivity index (χ3v) is 5.24. The Morgan fingerprint density at radius 3 is 2.68 bits per heavy atom. The maximum absolute atomic E-state index is 5.79. The van der Waals surface area contributed by atoms with Gasteiger partial charge in [0.25, 0.3) is 0 Å². The molecule has 0 radical (unpaired) electrons. The zero-order valence-corrected chi connectivity index (χ0v) is 12.2. The van der Waals surface area contributed by atoms with Crippen LogP contribution in [0.1, 0.15) is 47.0 Å². The standard InChI is InChI=1S/C16H20N2S/c1-11-6-2-5-9-13(11)15-16(12-7-3-4-8-12)19-14(10-17)18-15/h2,5-6,9,12H,3-4,7-8,10,17H2,1H3. The average Bonchev–Trinajstić information content (AvgIpc) is 3.08. The third kappa shape index (κ3) is 2.45. The molecule has 1 fully saturated rings. The van der Waals surface area contributed by atoms with Gasteiger partial charge in [-0.3, -0.25) is 0 Å². The van der Waals surface area contributed by atoms with Crippen molar-refractivity contribution in [3.63, 3.8) is 0 Å². The fraction of sp³-hybridized carbons (Fsp3) is 0.438. The van der Waals surface area contributed by atoms with Gasteiger partial charge in [-0.05, 0) is 31.2 Å². The first-order chi connectivity index (χ1) is 9.29. The van der Waals surface area contributed by atoms with Gasteiger partial charge in [0.15, 0.2) is 0 Å². The van der Waals surface area contributed by atoms with Crippen molar-refractivity contribution in [1.29, 1.82) is 0 Å². The molecule has 2 aromatic rings. The van der Waals surface area contributed by atoms with Gasteiger partial charge in [-0.2, -0.15) is 0 Å². The van der Waals surface area contributed by atoms with E-state index in [1.54, 1.807) is 0 Å². The van der Waals surface area contributed by atoms with Gasteiger partial charge in [0.2, 0.25) is 0 Å².